The van der Waals surface area contributed by atoms with Gasteiger partial charge >= 0.3 is 0 Å². The molecule has 2 aromatic carbocycles. The van der Waals surface area contributed by atoms with Crippen molar-refractivity contribution in [1.82, 2.24) is 9.21 Å². The second kappa shape index (κ2) is 10.6. The van der Waals surface area contributed by atoms with E-state index in [9.17, 15) is 17.6 Å². The van der Waals surface area contributed by atoms with E-state index in [-0.39, 0.29) is 36.1 Å². The Bertz CT molecular complexity index is 1210. The van der Waals surface area contributed by atoms with Gasteiger partial charge in [-0.15, -0.1) is 0 Å². The molecule has 2 heterocycles. The number of carbonyl (C=O) groups is 1. The first-order chi connectivity index (χ1) is 16.3. The van der Waals surface area contributed by atoms with Crippen LogP contribution in [0.15, 0.2) is 76.2 Å². The van der Waals surface area contributed by atoms with E-state index in [2.05, 4.69) is 0 Å². The van der Waals surface area contributed by atoms with Crippen LogP contribution < -0.4 is 4.90 Å². The fraction of sp³-hybridized carbons (Fsp3) is 0.292. The van der Waals surface area contributed by atoms with Crippen molar-refractivity contribution in [3.63, 3.8) is 0 Å². The standard InChI is InChI=1S/C24H25ClFN3O4S/c25-19-7-9-21(10-8-19)34(31,32)29(18-20-4-3-17-33-20)12-11-24(30)28-15-13-27(14-16-28)23-6-2-1-5-22(23)26/h1-10,17H,11-16,18H2. The van der Waals surface area contributed by atoms with Gasteiger partial charge in [0.1, 0.15) is 11.6 Å². The Morgan fingerprint density at radius 3 is 2.35 bits per heavy atom. The second-order valence-electron chi connectivity index (χ2n) is 7.94. The van der Waals surface area contributed by atoms with E-state index in [1.807, 2.05) is 4.90 Å². The summed E-state index contributed by atoms with van der Waals surface area (Å²) in [6, 6.07) is 15.8. The highest BCUT2D eigenvalue weighted by atomic mass is 35.5. The molecule has 1 amide bonds. The van der Waals surface area contributed by atoms with Crippen LogP contribution in [0, 0.1) is 5.82 Å². The van der Waals surface area contributed by atoms with Crippen molar-refractivity contribution in [3.8, 4) is 0 Å². The summed E-state index contributed by atoms with van der Waals surface area (Å²) >= 11 is 5.91. The zero-order valence-corrected chi connectivity index (χ0v) is 20.0. The van der Waals surface area contributed by atoms with Gasteiger partial charge in [-0.3, -0.25) is 4.79 Å². The van der Waals surface area contributed by atoms with Crippen LogP contribution in [0.4, 0.5) is 10.1 Å². The van der Waals surface area contributed by atoms with Gasteiger partial charge in [-0.05, 0) is 48.5 Å². The number of nitrogens with zero attached hydrogens (tertiary/aromatic N) is 3. The molecular formula is C24H25ClFN3O4S. The average molecular weight is 506 g/mol. The third-order valence-electron chi connectivity index (χ3n) is 5.76. The number of hydrogen-bond donors (Lipinski definition) is 0. The van der Waals surface area contributed by atoms with E-state index < -0.39 is 10.0 Å². The molecule has 0 atom stereocenters. The summed E-state index contributed by atoms with van der Waals surface area (Å²) in [5.41, 5.74) is 0.522. The summed E-state index contributed by atoms with van der Waals surface area (Å²) in [6.07, 6.45) is 1.50. The van der Waals surface area contributed by atoms with Crippen LogP contribution in [0.3, 0.4) is 0 Å². The van der Waals surface area contributed by atoms with E-state index in [0.29, 0.717) is 42.6 Å². The number of amides is 1. The number of piperazine rings is 1. The van der Waals surface area contributed by atoms with E-state index >= 15 is 0 Å². The van der Waals surface area contributed by atoms with Crippen LogP contribution in [0.25, 0.3) is 0 Å². The van der Waals surface area contributed by atoms with E-state index in [0.717, 1.165) is 0 Å². The molecule has 0 spiro atoms. The van der Waals surface area contributed by atoms with Gasteiger partial charge in [0.15, 0.2) is 0 Å². The summed E-state index contributed by atoms with van der Waals surface area (Å²) in [6.45, 7) is 1.90. The molecule has 1 aromatic heterocycles. The van der Waals surface area contributed by atoms with Crippen LogP contribution in [-0.2, 0) is 21.4 Å². The maximum Gasteiger partial charge on any atom is 0.243 e. The van der Waals surface area contributed by atoms with Crippen LogP contribution in [-0.4, -0.2) is 56.3 Å². The Kier molecular flexibility index (Phi) is 7.55. The predicted molar refractivity (Wildman–Crippen MR) is 128 cm³/mol. The van der Waals surface area contributed by atoms with Crippen LogP contribution in [0.2, 0.25) is 5.02 Å². The van der Waals surface area contributed by atoms with E-state index in [1.165, 1.54) is 40.9 Å². The zero-order valence-electron chi connectivity index (χ0n) is 18.4. The Morgan fingerprint density at radius 1 is 1.00 bits per heavy atom. The Labute approximate surface area is 203 Å². The summed E-state index contributed by atoms with van der Waals surface area (Å²) in [5, 5.41) is 0.432. The maximum absolute atomic E-state index is 14.1. The highest BCUT2D eigenvalue weighted by Gasteiger charge is 2.28. The minimum atomic E-state index is -3.88. The first-order valence-corrected chi connectivity index (χ1v) is 12.7. The Balaban J connectivity index is 1.41. The third kappa shape index (κ3) is 5.60. The molecule has 0 N–H and O–H groups in total. The van der Waals surface area contributed by atoms with Gasteiger partial charge in [-0.25, -0.2) is 12.8 Å². The molecule has 10 heteroatoms. The number of rotatable bonds is 8. The molecule has 180 valence electrons. The Hall–Kier alpha value is -2.88. The van der Waals surface area contributed by atoms with Gasteiger partial charge in [-0.2, -0.15) is 4.31 Å². The lowest BCUT2D eigenvalue weighted by Gasteiger charge is -2.36. The highest BCUT2D eigenvalue weighted by Crippen LogP contribution is 2.23. The average Bonchev–Trinajstić information content (AvgIpc) is 3.35. The topological polar surface area (TPSA) is 74.1 Å². The number of benzene rings is 2. The molecule has 4 rings (SSSR count). The van der Waals surface area contributed by atoms with Crippen molar-refractivity contribution in [2.45, 2.75) is 17.9 Å². The molecule has 3 aromatic rings. The largest absolute Gasteiger partial charge is 0.468 e. The first kappa shape index (κ1) is 24.3. The molecule has 0 radical (unpaired) electrons. The van der Waals surface area contributed by atoms with E-state index in [4.69, 9.17) is 16.0 Å². The molecule has 0 aliphatic carbocycles. The minimum Gasteiger partial charge on any atom is -0.468 e. The maximum atomic E-state index is 14.1. The third-order valence-corrected chi connectivity index (χ3v) is 7.88. The molecular weight excluding hydrogens is 481 g/mol. The van der Waals surface area contributed by atoms with Gasteiger partial charge < -0.3 is 14.2 Å². The summed E-state index contributed by atoms with van der Waals surface area (Å²) in [7, 11) is -3.88. The fourth-order valence-corrected chi connectivity index (χ4v) is 5.43. The SMILES string of the molecule is O=C(CCN(Cc1ccco1)S(=O)(=O)c1ccc(Cl)cc1)N1CCN(c2ccccc2F)CC1. The molecule has 0 saturated carbocycles. The number of furan rings is 1. The van der Waals surface area contributed by atoms with Crippen molar-refractivity contribution in [2.75, 3.05) is 37.6 Å². The number of anilines is 1. The van der Waals surface area contributed by atoms with Gasteiger partial charge in [0, 0.05) is 44.2 Å². The number of halogens is 2. The lowest BCUT2D eigenvalue weighted by Crippen LogP contribution is -2.49. The smallest absolute Gasteiger partial charge is 0.243 e. The summed E-state index contributed by atoms with van der Waals surface area (Å²) < 4.78 is 47.2. The minimum absolute atomic E-state index is 0.00196. The molecule has 1 saturated heterocycles. The zero-order chi connectivity index (χ0) is 24.1. The van der Waals surface area contributed by atoms with Crippen molar-refractivity contribution >= 4 is 33.2 Å². The summed E-state index contributed by atoms with van der Waals surface area (Å²) in [5.74, 6) is 0.0377. The molecule has 7 nitrogen and oxygen atoms in total. The van der Waals surface area contributed by atoms with E-state index in [1.54, 1.807) is 35.2 Å². The molecule has 34 heavy (non-hydrogen) atoms. The highest BCUT2D eigenvalue weighted by molar-refractivity contribution is 7.89. The molecule has 0 unspecified atom stereocenters. The predicted octanol–water partition coefficient (Wildman–Crippen LogP) is 4.00. The van der Waals surface area contributed by atoms with Crippen molar-refractivity contribution in [3.05, 3.63) is 83.5 Å². The van der Waals surface area contributed by atoms with Crippen molar-refractivity contribution < 1.29 is 22.0 Å². The van der Waals surface area contributed by atoms with Crippen LogP contribution >= 0.6 is 11.6 Å². The summed E-state index contributed by atoms with van der Waals surface area (Å²) in [4.78, 5) is 16.6. The molecule has 0 bridgehead atoms. The van der Waals surface area contributed by atoms with Crippen LogP contribution in [0.1, 0.15) is 12.2 Å². The number of sulfonamides is 1. The second-order valence-corrected chi connectivity index (χ2v) is 10.3. The Morgan fingerprint density at radius 2 is 1.71 bits per heavy atom. The number of para-hydroxylation sites is 1. The fourth-order valence-electron chi connectivity index (χ4n) is 3.90. The first-order valence-electron chi connectivity index (χ1n) is 10.9. The molecule has 1 aliphatic rings. The van der Waals surface area contributed by atoms with Gasteiger partial charge in [0.05, 0.1) is 23.4 Å². The normalized spacial score (nSPS) is 14.6. The quantitative estimate of drug-likeness (QED) is 0.462. The number of hydrogen-bond acceptors (Lipinski definition) is 5. The van der Waals surface area contributed by atoms with Gasteiger partial charge in [0.2, 0.25) is 15.9 Å². The molecule has 1 aliphatic heterocycles. The molecule has 1 fully saturated rings. The van der Waals surface area contributed by atoms with Crippen molar-refractivity contribution in [1.29, 1.82) is 0 Å². The lowest BCUT2D eigenvalue weighted by molar-refractivity contribution is -0.131. The van der Waals surface area contributed by atoms with Crippen molar-refractivity contribution in [2.24, 2.45) is 0 Å². The van der Waals surface area contributed by atoms with Crippen LogP contribution in [0.5, 0.6) is 0 Å². The number of carbonyl (C=O) groups excluding carboxylic acids is 1. The monoisotopic (exact) mass is 505 g/mol. The van der Waals surface area contributed by atoms with Gasteiger partial charge in [-0.1, -0.05) is 23.7 Å². The lowest BCUT2D eigenvalue weighted by atomic mass is 10.2. The van der Waals surface area contributed by atoms with Gasteiger partial charge in [0.25, 0.3) is 0 Å².